The molecule has 5 nitrogen and oxygen atoms in total. The van der Waals surface area contributed by atoms with E-state index in [2.05, 4.69) is 5.32 Å². The molecule has 1 unspecified atom stereocenters. The normalized spacial score (nSPS) is 20.1. The van der Waals surface area contributed by atoms with E-state index >= 15 is 0 Å². The van der Waals surface area contributed by atoms with Crippen molar-refractivity contribution in [1.29, 1.82) is 0 Å². The molecule has 104 valence electrons. The Balaban J connectivity index is 2.66. The molecule has 1 heterocycles. The van der Waals surface area contributed by atoms with Gasteiger partial charge in [0.1, 0.15) is 0 Å². The Hall–Kier alpha value is -1.10. The first kappa shape index (κ1) is 15.0. The fraction of sp³-hybridized carbons (Fsp3) is 0.846. The average Bonchev–Trinajstić information content (AvgIpc) is 2.29. The Labute approximate surface area is 108 Å². The summed E-state index contributed by atoms with van der Waals surface area (Å²) in [5.41, 5.74) is -0.622. The minimum absolute atomic E-state index is 0.0268. The van der Waals surface area contributed by atoms with E-state index in [1.165, 1.54) is 0 Å². The first-order chi connectivity index (χ1) is 8.49. The monoisotopic (exact) mass is 257 g/mol. The summed E-state index contributed by atoms with van der Waals surface area (Å²) in [6.45, 7) is 4.93. The van der Waals surface area contributed by atoms with Gasteiger partial charge in [-0.2, -0.15) is 0 Å². The SMILES string of the molecule is CCCC(C)C(=O)NC1(CC(=O)O)CCOCC1. The molecular weight excluding hydrogens is 234 g/mol. The maximum absolute atomic E-state index is 12.0. The Kier molecular flexibility index (Phi) is 5.59. The third-order valence-electron chi connectivity index (χ3n) is 3.50. The zero-order valence-corrected chi connectivity index (χ0v) is 11.2. The van der Waals surface area contributed by atoms with Crippen molar-refractivity contribution in [2.24, 2.45) is 5.92 Å². The molecule has 0 radical (unpaired) electrons. The van der Waals surface area contributed by atoms with E-state index in [4.69, 9.17) is 9.84 Å². The number of carbonyl (C=O) groups excluding carboxylic acids is 1. The number of aliphatic carboxylic acids is 1. The van der Waals surface area contributed by atoms with Crippen molar-refractivity contribution >= 4 is 11.9 Å². The number of amides is 1. The summed E-state index contributed by atoms with van der Waals surface area (Å²) in [4.78, 5) is 23.0. The molecule has 0 spiro atoms. The van der Waals surface area contributed by atoms with Crippen LogP contribution in [-0.4, -0.2) is 35.7 Å². The molecular formula is C13H23NO4. The van der Waals surface area contributed by atoms with E-state index in [9.17, 15) is 9.59 Å². The topological polar surface area (TPSA) is 75.6 Å². The van der Waals surface area contributed by atoms with Gasteiger partial charge in [0.2, 0.25) is 5.91 Å². The van der Waals surface area contributed by atoms with Gasteiger partial charge in [0.25, 0.3) is 0 Å². The number of rotatable bonds is 6. The first-order valence-corrected chi connectivity index (χ1v) is 6.60. The minimum Gasteiger partial charge on any atom is -0.481 e. The predicted molar refractivity (Wildman–Crippen MR) is 67.3 cm³/mol. The first-order valence-electron chi connectivity index (χ1n) is 6.60. The fourth-order valence-electron chi connectivity index (χ4n) is 2.35. The van der Waals surface area contributed by atoms with Gasteiger partial charge >= 0.3 is 5.97 Å². The van der Waals surface area contributed by atoms with Crippen LogP contribution in [0.5, 0.6) is 0 Å². The highest BCUT2D eigenvalue weighted by atomic mass is 16.5. The zero-order chi connectivity index (χ0) is 13.6. The summed E-state index contributed by atoms with van der Waals surface area (Å²) in [5.74, 6) is -0.983. The van der Waals surface area contributed by atoms with Crippen LogP contribution in [0.4, 0.5) is 0 Å². The van der Waals surface area contributed by atoms with Crippen LogP contribution in [-0.2, 0) is 14.3 Å². The molecule has 2 N–H and O–H groups in total. The summed E-state index contributed by atoms with van der Waals surface area (Å²) in [6.07, 6.45) is 2.89. The lowest BCUT2D eigenvalue weighted by Gasteiger charge is -2.37. The van der Waals surface area contributed by atoms with Gasteiger partial charge in [-0.15, -0.1) is 0 Å². The van der Waals surface area contributed by atoms with E-state index in [0.717, 1.165) is 12.8 Å². The molecule has 0 aromatic carbocycles. The maximum atomic E-state index is 12.0. The standard InChI is InChI=1S/C13H23NO4/c1-3-4-10(2)12(17)14-13(9-11(15)16)5-7-18-8-6-13/h10H,3-9H2,1-2H3,(H,14,17)(H,15,16). The Morgan fingerprint density at radius 3 is 2.50 bits per heavy atom. The number of hydrogen-bond donors (Lipinski definition) is 2. The van der Waals surface area contributed by atoms with Gasteiger partial charge in [-0.05, 0) is 19.3 Å². The lowest BCUT2D eigenvalue weighted by molar-refractivity contribution is -0.141. The second-order valence-corrected chi connectivity index (χ2v) is 5.14. The molecule has 1 rings (SSSR count). The minimum atomic E-state index is -0.875. The number of carboxylic acids is 1. The summed E-state index contributed by atoms with van der Waals surface area (Å²) in [6, 6.07) is 0. The Bertz CT molecular complexity index is 297. The molecule has 1 aliphatic rings. The molecule has 1 amide bonds. The van der Waals surface area contributed by atoms with Gasteiger partial charge in [-0.3, -0.25) is 9.59 Å². The van der Waals surface area contributed by atoms with E-state index < -0.39 is 11.5 Å². The third-order valence-corrected chi connectivity index (χ3v) is 3.50. The van der Waals surface area contributed by atoms with E-state index in [0.29, 0.717) is 26.1 Å². The number of carbonyl (C=O) groups is 2. The fourth-order valence-corrected chi connectivity index (χ4v) is 2.35. The highest BCUT2D eigenvalue weighted by molar-refractivity contribution is 5.80. The average molecular weight is 257 g/mol. The van der Waals surface area contributed by atoms with Crippen molar-refractivity contribution in [3.63, 3.8) is 0 Å². The van der Waals surface area contributed by atoms with Crippen molar-refractivity contribution in [2.75, 3.05) is 13.2 Å². The molecule has 1 atom stereocenters. The zero-order valence-electron chi connectivity index (χ0n) is 11.2. The quantitative estimate of drug-likeness (QED) is 0.757. The van der Waals surface area contributed by atoms with E-state index in [-0.39, 0.29) is 18.2 Å². The molecule has 1 aliphatic heterocycles. The van der Waals surface area contributed by atoms with Gasteiger partial charge < -0.3 is 15.2 Å². The van der Waals surface area contributed by atoms with Crippen LogP contribution >= 0.6 is 0 Å². The van der Waals surface area contributed by atoms with Crippen LogP contribution < -0.4 is 5.32 Å². The number of carboxylic acid groups (broad SMARTS) is 1. The smallest absolute Gasteiger partial charge is 0.305 e. The second-order valence-electron chi connectivity index (χ2n) is 5.14. The van der Waals surface area contributed by atoms with Crippen LogP contribution in [0.3, 0.4) is 0 Å². The Morgan fingerprint density at radius 2 is 2.00 bits per heavy atom. The van der Waals surface area contributed by atoms with E-state index in [1.807, 2.05) is 13.8 Å². The molecule has 1 fully saturated rings. The highest BCUT2D eigenvalue weighted by Crippen LogP contribution is 2.25. The lowest BCUT2D eigenvalue weighted by Crippen LogP contribution is -2.54. The highest BCUT2D eigenvalue weighted by Gasteiger charge is 2.37. The largest absolute Gasteiger partial charge is 0.481 e. The van der Waals surface area contributed by atoms with Crippen LogP contribution in [0.15, 0.2) is 0 Å². The molecule has 0 aromatic heterocycles. The van der Waals surface area contributed by atoms with Gasteiger partial charge in [0, 0.05) is 19.1 Å². The third kappa shape index (κ3) is 4.29. The molecule has 0 aromatic rings. The van der Waals surface area contributed by atoms with E-state index in [1.54, 1.807) is 0 Å². The summed E-state index contributed by atoms with van der Waals surface area (Å²) < 4.78 is 5.25. The van der Waals surface area contributed by atoms with Crippen LogP contribution in [0.2, 0.25) is 0 Å². The summed E-state index contributed by atoms with van der Waals surface area (Å²) >= 11 is 0. The van der Waals surface area contributed by atoms with Crippen molar-refractivity contribution in [2.45, 2.75) is 51.5 Å². The van der Waals surface area contributed by atoms with Crippen LogP contribution in [0.25, 0.3) is 0 Å². The molecule has 5 heteroatoms. The van der Waals surface area contributed by atoms with Crippen molar-refractivity contribution < 1.29 is 19.4 Å². The molecule has 0 bridgehead atoms. The van der Waals surface area contributed by atoms with Crippen molar-refractivity contribution in [3.05, 3.63) is 0 Å². The molecule has 0 aliphatic carbocycles. The molecule has 0 saturated carbocycles. The van der Waals surface area contributed by atoms with Gasteiger partial charge in [0.15, 0.2) is 0 Å². The van der Waals surface area contributed by atoms with Gasteiger partial charge in [-0.25, -0.2) is 0 Å². The van der Waals surface area contributed by atoms with Gasteiger partial charge in [0.05, 0.1) is 12.0 Å². The van der Waals surface area contributed by atoms with Gasteiger partial charge in [-0.1, -0.05) is 20.3 Å². The lowest BCUT2D eigenvalue weighted by atomic mass is 9.85. The van der Waals surface area contributed by atoms with Crippen molar-refractivity contribution in [3.8, 4) is 0 Å². The maximum Gasteiger partial charge on any atom is 0.305 e. The molecule has 1 saturated heterocycles. The number of ether oxygens (including phenoxy) is 1. The summed E-state index contributed by atoms with van der Waals surface area (Å²) in [7, 11) is 0. The number of nitrogens with one attached hydrogen (secondary N) is 1. The van der Waals surface area contributed by atoms with Crippen LogP contribution in [0.1, 0.15) is 46.0 Å². The van der Waals surface area contributed by atoms with Crippen LogP contribution in [0, 0.1) is 5.92 Å². The van der Waals surface area contributed by atoms with Crippen molar-refractivity contribution in [1.82, 2.24) is 5.32 Å². The second kappa shape index (κ2) is 6.73. The number of hydrogen-bond acceptors (Lipinski definition) is 3. The Morgan fingerprint density at radius 1 is 1.39 bits per heavy atom. The summed E-state index contributed by atoms with van der Waals surface area (Å²) in [5, 5.41) is 11.9. The predicted octanol–water partition coefficient (Wildman–Crippen LogP) is 1.56. The molecule has 18 heavy (non-hydrogen) atoms.